The summed E-state index contributed by atoms with van der Waals surface area (Å²) in [5.41, 5.74) is 8.59. The Hall–Kier alpha value is -2.28. The van der Waals surface area contributed by atoms with Crippen molar-refractivity contribution in [3.8, 4) is 0 Å². The van der Waals surface area contributed by atoms with Crippen LogP contribution in [0.1, 0.15) is 12.0 Å². The summed E-state index contributed by atoms with van der Waals surface area (Å²) in [5, 5.41) is 13.6. The minimum absolute atomic E-state index is 0.00221. The Balaban J connectivity index is 2.50. The molecule has 0 saturated carbocycles. The molecule has 112 valence electrons. The zero-order valence-electron chi connectivity index (χ0n) is 10.8. The fourth-order valence-corrected chi connectivity index (χ4v) is 1.62. The molecule has 1 atom stereocenters. The van der Waals surface area contributed by atoms with Gasteiger partial charge in [-0.25, -0.2) is 9.18 Å². The van der Waals surface area contributed by atoms with E-state index in [9.17, 15) is 14.0 Å². The summed E-state index contributed by atoms with van der Waals surface area (Å²) in [6.45, 7) is 0.00221. The summed E-state index contributed by atoms with van der Waals surface area (Å²) >= 11 is 5.59. The van der Waals surface area contributed by atoms with E-state index in [1.54, 1.807) is 6.07 Å². The lowest BCUT2D eigenvalue weighted by molar-refractivity contribution is -0.138. The number of rotatable bonds is 7. The highest BCUT2D eigenvalue weighted by Gasteiger charge is 2.12. The number of amides is 1. The van der Waals surface area contributed by atoms with Crippen LogP contribution in [0.15, 0.2) is 29.4 Å². The fourth-order valence-electron chi connectivity index (χ4n) is 1.44. The van der Waals surface area contributed by atoms with Gasteiger partial charge in [0, 0.05) is 18.2 Å². The first-order valence-corrected chi connectivity index (χ1v) is 6.30. The van der Waals surface area contributed by atoms with Gasteiger partial charge in [0.05, 0.1) is 5.02 Å². The van der Waals surface area contributed by atoms with Gasteiger partial charge in [0.1, 0.15) is 11.9 Å². The van der Waals surface area contributed by atoms with Crippen LogP contribution in [0.25, 0.3) is 11.6 Å². The molecule has 0 fully saturated rings. The average molecular weight is 313 g/mol. The van der Waals surface area contributed by atoms with Crippen LogP contribution in [0.3, 0.4) is 0 Å². The van der Waals surface area contributed by atoms with Gasteiger partial charge in [-0.3, -0.25) is 4.79 Å². The highest BCUT2D eigenvalue weighted by Crippen LogP contribution is 2.18. The lowest BCUT2D eigenvalue weighted by Crippen LogP contribution is -2.27. The van der Waals surface area contributed by atoms with Crippen LogP contribution in [-0.2, 0) is 9.59 Å². The molecule has 0 aromatic heterocycles. The number of hydrogen-bond acceptors (Lipinski definition) is 3. The minimum Gasteiger partial charge on any atom is -0.711 e. The van der Waals surface area contributed by atoms with E-state index in [1.165, 1.54) is 18.2 Å². The maximum absolute atomic E-state index is 13.5. The number of carbonyl (C=O) groups is 2. The van der Waals surface area contributed by atoms with Crippen molar-refractivity contribution in [1.82, 2.24) is 5.32 Å². The topological polar surface area (TPSA) is 101 Å². The number of carboxylic acids is 1. The van der Waals surface area contributed by atoms with Crippen LogP contribution in [0, 0.1) is 5.82 Å². The first kappa shape index (κ1) is 16.8. The molecule has 1 aromatic rings. The van der Waals surface area contributed by atoms with Gasteiger partial charge in [0.2, 0.25) is 5.91 Å². The standard InChI is InChI=1S/C13H12ClFN3O3/c14-9-3-1-2-8(12(9)15)4-5-11(19)17-7-6-10(18-16)13(20)21/h1-5,10H,6-7H2,(H,17,19)(H,20,21)/q-1/b5-4+/t10-/m0/s1. The van der Waals surface area contributed by atoms with E-state index in [-0.39, 0.29) is 23.6 Å². The number of carbonyl (C=O) groups excluding carboxylic acids is 1. The Bertz CT molecular complexity index is 578. The van der Waals surface area contributed by atoms with Gasteiger partial charge in [0.25, 0.3) is 0 Å². The predicted molar refractivity (Wildman–Crippen MR) is 75.3 cm³/mol. The van der Waals surface area contributed by atoms with Crippen LogP contribution in [-0.4, -0.2) is 29.6 Å². The number of carboxylic acid groups (broad SMARTS) is 1. The normalized spacial score (nSPS) is 12.1. The van der Waals surface area contributed by atoms with Gasteiger partial charge < -0.3 is 21.1 Å². The van der Waals surface area contributed by atoms with E-state index in [2.05, 4.69) is 10.4 Å². The molecule has 0 unspecified atom stereocenters. The summed E-state index contributed by atoms with van der Waals surface area (Å²) in [5.74, 6) is -2.45. The Morgan fingerprint density at radius 3 is 2.86 bits per heavy atom. The number of aliphatic carboxylic acids is 1. The third-order valence-electron chi connectivity index (χ3n) is 2.54. The van der Waals surface area contributed by atoms with E-state index >= 15 is 0 Å². The molecule has 0 aliphatic heterocycles. The van der Waals surface area contributed by atoms with E-state index in [0.717, 1.165) is 6.08 Å². The van der Waals surface area contributed by atoms with Gasteiger partial charge in [-0.15, -0.1) is 0 Å². The van der Waals surface area contributed by atoms with Crippen LogP contribution in [0.5, 0.6) is 0 Å². The molecule has 1 aromatic carbocycles. The molecule has 0 heterocycles. The van der Waals surface area contributed by atoms with Crippen molar-refractivity contribution >= 4 is 29.6 Å². The van der Waals surface area contributed by atoms with E-state index in [4.69, 9.17) is 22.2 Å². The molecule has 1 rings (SSSR count). The van der Waals surface area contributed by atoms with Crippen molar-refractivity contribution in [3.05, 3.63) is 46.2 Å². The van der Waals surface area contributed by atoms with E-state index in [0.29, 0.717) is 0 Å². The van der Waals surface area contributed by atoms with Crippen molar-refractivity contribution in [2.24, 2.45) is 5.11 Å². The fraction of sp³-hybridized carbons (Fsp3) is 0.231. The molecule has 0 radical (unpaired) electrons. The molecular formula is C13H12ClFN3O3-. The molecule has 21 heavy (non-hydrogen) atoms. The summed E-state index contributed by atoms with van der Waals surface area (Å²) < 4.78 is 13.5. The SMILES string of the molecule is [N-]=N[C@@H](CCNC(=O)/C=C/c1cccc(Cl)c1F)C(=O)O. The molecule has 0 aliphatic carbocycles. The van der Waals surface area contributed by atoms with Crippen LogP contribution < -0.4 is 5.32 Å². The second kappa shape index (κ2) is 8.11. The highest BCUT2D eigenvalue weighted by atomic mass is 35.5. The summed E-state index contributed by atoms with van der Waals surface area (Å²) in [6, 6.07) is 3.09. The molecule has 1 amide bonds. The summed E-state index contributed by atoms with van der Waals surface area (Å²) in [6.07, 6.45) is 2.29. The van der Waals surface area contributed by atoms with Gasteiger partial charge in [-0.05, 0) is 18.6 Å². The maximum Gasteiger partial charge on any atom is 0.326 e. The molecule has 0 aliphatic rings. The van der Waals surface area contributed by atoms with Crippen LogP contribution >= 0.6 is 11.6 Å². The molecule has 2 N–H and O–H groups in total. The molecule has 8 heteroatoms. The van der Waals surface area contributed by atoms with Crippen LogP contribution in [0.2, 0.25) is 5.02 Å². The summed E-state index contributed by atoms with van der Waals surface area (Å²) in [4.78, 5) is 22.0. The van der Waals surface area contributed by atoms with Gasteiger partial charge in [-0.2, -0.15) is 0 Å². The molecular weight excluding hydrogens is 301 g/mol. The molecule has 0 spiro atoms. The van der Waals surface area contributed by atoms with Gasteiger partial charge >= 0.3 is 5.97 Å². The van der Waals surface area contributed by atoms with Gasteiger partial charge in [-0.1, -0.05) is 23.7 Å². The first-order valence-electron chi connectivity index (χ1n) is 5.92. The van der Waals surface area contributed by atoms with Crippen molar-refractivity contribution < 1.29 is 19.1 Å². The second-order valence-corrected chi connectivity index (χ2v) is 4.43. The molecule has 6 nitrogen and oxygen atoms in total. The highest BCUT2D eigenvalue weighted by molar-refractivity contribution is 6.30. The third-order valence-corrected chi connectivity index (χ3v) is 2.83. The Kier molecular flexibility index (Phi) is 6.48. The van der Waals surface area contributed by atoms with Crippen LogP contribution in [0.4, 0.5) is 4.39 Å². The third kappa shape index (κ3) is 5.31. The Labute approximate surface area is 125 Å². The molecule has 0 bridgehead atoms. The zero-order valence-corrected chi connectivity index (χ0v) is 11.5. The lowest BCUT2D eigenvalue weighted by Gasteiger charge is -2.09. The van der Waals surface area contributed by atoms with Gasteiger partial charge in [0.15, 0.2) is 0 Å². The number of halogens is 2. The monoisotopic (exact) mass is 312 g/mol. The number of hydrogen-bond donors (Lipinski definition) is 2. The zero-order chi connectivity index (χ0) is 15.8. The van der Waals surface area contributed by atoms with Crippen molar-refractivity contribution in [2.45, 2.75) is 12.5 Å². The van der Waals surface area contributed by atoms with Crippen molar-refractivity contribution in [1.29, 1.82) is 0 Å². The van der Waals surface area contributed by atoms with E-state index < -0.39 is 23.7 Å². The van der Waals surface area contributed by atoms with Crippen molar-refractivity contribution in [3.63, 3.8) is 0 Å². The van der Waals surface area contributed by atoms with E-state index in [1.807, 2.05) is 0 Å². The smallest absolute Gasteiger partial charge is 0.326 e. The van der Waals surface area contributed by atoms with Crippen molar-refractivity contribution in [2.75, 3.05) is 6.54 Å². The lowest BCUT2D eigenvalue weighted by atomic mass is 10.2. The first-order chi connectivity index (χ1) is 9.95. The quantitative estimate of drug-likeness (QED) is 0.597. The Morgan fingerprint density at radius 1 is 1.52 bits per heavy atom. The Morgan fingerprint density at radius 2 is 2.24 bits per heavy atom. The largest absolute Gasteiger partial charge is 0.711 e. The molecule has 0 saturated heterocycles. The second-order valence-electron chi connectivity index (χ2n) is 4.03. The predicted octanol–water partition coefficient (Wildman–Crippen LogP) is 2.47. The number of nitrogens with one attached hydrogen (secondary N) is 1. The summed E-state index contributed by atoms with van der Waals surface area (Å²) in [7, 11) is 0. The maximum atomic E-state index is 13.5. The minimum atomic E-state index is -1.29. The average Bonchev–Trinajstić information content (AvgIpc) is 2.44. The number of benzene rings is 1. The number of nitrogens with zero attached hydrogens (tertiary/aromatic N) is 2.